The smallest absolute Gasteiger partial charge is 0.0499 e. The Morgan fingerprint density at radius 1 is 1.25 bits per heavy atom. The molecule has 1 heterocycles. The first-order chi connectivity index (χ1) is 9.63. The van der Waals surface area contributed by atoms with Crippen molar-refractivity contribution in [3.05, 3.63) is 35.4 Å². The topological polar surface area (TPSA) is 29.3 Å². The highest BCUT2D eigenvalue weighted by molar-refractivity contribution is 5.25. The van der Waals surface area contributed by atoms with Crippen molar-refractivity contribution < 1.29 is 0 Å². The highest BCUT2D eigenvalue weighted by Gasteiger charge is 2.31. The molecule has 0 saturated carbocycles. The number of piperidine rings is 1. The van der Waals surface area contributed by atoms with Gasteiger partial charge >= 0.3 is 0 Å². The lowest BCUT2D eigenvalue weighted by atomic mass is 9.91. The third kappa shape index (κ3) is 3.62. The van der Waals surface area contributed by atoms with Crippen LogP contribution in [0.1, 0.15) is 63.1 Å². The molecule has 1 aliphatic rings. The average molecular weight is 274 g/mol. The van der Waals surface area contributed by atoms with Gasteiger partial charge in [-0.25, -0.2) is 0 Å². The molecule has 1 aromatic carbocycles. The second kappa shape index (κ2) is 7.24. The number of likely N-dealkylation sites (tertiary alicyclic amines) is 1. The predicted molar refractivity (Wildman–Crippen MR) is 86.8 cm³/mol. The van der Waals surface area contributed by atoms with Gasteiger partial charge in [-0.2, -0.15) is 0 Å². The second-order valence-corrected chi connectivity index (χ2v) is 6.39. The molecule has 1 saturated heterocycles. The van der Waals surface area contributed by atoms with Crippen LogP contribution in [0.2, 0.25) is 0 Å². The Bertz CT molecular complexity index is 394. The minimum atomic E-state index is 0.176. The van der Waals surface area contributed by atoms with E-state index in [9.17, 15) is 0 Å². The van der Waals surface area contributed by atoms with Gasteiger partial charge in [0.05, 0.1) is 0 Å². The maximum Gasteiger partial charge on any atom is 0.0499 e. The van der Waals surface area contributed by atoms with Crippen LogP contribution in [0.3, 0.4) is 0 Å². The number of rotatable bonds is 5. The summed E-state index contributed by atoms with van der Waals surface area (Å²) in [6, 6.07) is 10.2. The molecular weight excluding hydrogens is 244 g/mol. The van der Waals surface area contributed by atoms with E-state index in [1.165, 1.54) is 49.8 Å². The van der Waals surface area contributed by atoms with E-state index in [0.717, 1.165) is 0 Å². The Hall–Kier alpha value is -0.860. The first-order valence-electron chi connectivity index (χ1n) is 8.21. The van der Waals surface area contributed by atoms with E-state index in [-0.39, 0.29) is 6.04 Å². The number of hydrogen-bond acceptors (Lipinski definition) is 2. The third-order valence-corrected chi connectivity index (χ3v) is 4.57. The Morgan fingerprint density at radius 2 is 1.95 bits per heavy atom. The molecule has 0 amide bonds. The maximum absolute atomic E-state index is 6.35. The van der Waals surface area contributed by atoms with E-state index in [1.54, 1.807) is 0 Å². The van der Waals surface area contributed by atoms with Gasteiger partial charge in [0.15, 0.2) is 0 Å². The molecule has 3 atom stereocenters. The molecule has 2 heteroatoms. The van der Waals surface area contributed by atoms with E-state index in [2.05, 4.69) is 49.9 Å². The van der Waals surface area contributed by atoms with E-state index in [0.29, 0.717) is 12.1 Å². The van der Waals surface area contributed by atoms with Crippen molar-refractivity contribution in [3.63, 3.8) is 0 Å². The summed E-state index contributed by atoms with van der Waals surface area (Å²) < 4.78 is 0. The molecule has 0 radical (unpaired) electrons. The Labute approximate surface area is 124 Å². The van der Waals surface area contributed by atoms with Gasteiger partial charge in [0.1, 0.15) is 0 Å². The maximum atomic E-state index is 6.35. The van der Waals surface area contributed by atoms with Gasteiger partial charge in [0.25, 0.3) is 0 Å². The van der Waals surface area contributed by atoms with Crippen molar-refractivity contribution in [1.82, 2.24) is 4.90 Å². The van der Waals surface area contributed by atoms with Crippen molar-refractivity contribution in [2.75, 3.05) is 6.54 Å². The monoisotopic (exact) mass is 274 g/mol. The summed E-state index contributed by atoms with van der Waals surface area (Å²) in [4.78, 5) is 2.68. The fraction of sp³-hybridized carbons (Fsp3) is 0.667. The molecule has 112 valence electrons. The quantitative estimate of drug-likeness (QED) is 0.878. The zero-order valence-corrected chi connectivity index (χ0v) is 13.3. The van der Waals surface area contributed by atoms with Crippen molar-refractivity contribution in [3.8, 4) is 0 Å². The number of benzene rings is 1. The molecule has 20 heavy (non-hydrogen) atoms. The number of hydrogen-bond donors (Lipinski definition) is 1. The van der Waals surface area contributed by atoms with Crippen molar-refractivity contribution in [2.45, 2.75) is 71.0 Å². The molecular formula is C18H30N2. The minimum absolute atomic E-state index is 0.176. The van der Waals surface area contributed by atoms with Crippen LogP contribution in [-0.2, 0) is 0 Å². The fourth-order valence-electron chi connectivity index (χ4n) is 3.59. The molecule has 1 aromatic rings. The second-order valence-electron chi connectivity index (χ2n) is 6.39. The molecule has 3 unspecified atom stereocenters. The molecule has 2 N–H and O–H groups in total. The molecule has 2 rings (SSSR count). The molecule has 0 aromatic heterocycles. The Balaban J connectivity index is 2.24. The minimum Gasteiger partial charge on any atom is -0.326 e. The van der Waals surface area contributed by atoms with Crippen LogP contribution >= 0.6 is 0 Å². The third-order valence-electron chi connectivity index (χ3n) is 4.57. The van der Waals surface area contributed by atoms with Gasteiger partial charge in [-0.05, 0) is 45.2 Å². The number of aryl methyl sites for hydroxylation is 1. The van der Waals surface area contributed by atoms with Crippen LogP contribution in [0.15, 0.2) is 24.3 Å². The molecule has 0 bridgehead atoms. The van der Waals surface area contributed by atoms with Gasteiger partial charge in [0.2, 0.25) is 0 Å². The summed E-state index contributed by atoms with van der Waals surface area (Å²) in [5, 5.41) is 0. The van der Waals surface area contributed by atoms with Crippen molar-refractivity contribution >= 4 is 0 Å². The SMILES string of the molecule is CCCC1CCCCN1C(c1ccc(C)cc1)C(C)N. The highest BCUT2D eigenvalue weighted by Crippen LogP contribution is 2.32. The van der Waals surface area contributed by atoms with Crippen molar-refractivity contribution in [2.24, 2.45) is 5.73 Å². The Kier molecular flexibility index (Phi) is 5.62. The number of nitrogens with zero attached hydrogens (tertiary/aromatic N) is 1. The summed E-state index contributed by atoms with van der Waals surface area (Å²) in [6.45, 7) is 7.79. The molecule has 1 fully saturated rings. The van der Waals surface area contributed by atoms with E-state index in [1.807, 2.05) is 0 Å². The number of nitrogens with two attached hydrogens (primary N) is 1. The summed E-state index contributed by atoms with van der Waals surface area (Å²) >= 11 is 0. The zero-order valence-electron chi connectivity index (χ0n) is 13.3. The van der Waals surface area contributed by atoms with Gasteiger partial charge in [0, 0.05) is 18.1 Å². The Morgan fingerprint density at radius 3 is 2.55 bits per heavy atom. The summed E-state index contributed by atoms with van der Waals surface area (Å²) in [7, 11) is 0. The molecule has 2 nitrogen and oxygen atoms in total. The molecule has 1 aliphatic heterocycles. The summed E-state index contributed by atoms with van der Waals surface area (Å²) in [5.41, 5.74) is 9.06. The van der Waals surface area contributed by atoms with Crippen LogP contribution in [0.25, 0.3) is 0 Å². The van der Waals surface area contributed by atoms with Crippen LogP contribution in [0.4, 0.5) is 0 Å². The van der Waals surface area contributed by atoms with Crippen LogP contribution in [-0.4, -0.2) is 23.5 Å². The van der Waals surface area contributed by atoms with E-state index < -0.39 is 0 Å². The zero-order chi connectivity index (χ0) is 14.5. The normalized spacial score (nSPS) is 23.5. The summed E-state index contributed by atoms with van der Waals surface area (Å²) in [6.07, 6.45) is 6.59. The van der Waals surface area contributed by atoms with E-state index in [4.69, 9.17) is 5.73 Å². The fourth-order valence-corrected chi connectivity index (χ4v) is 3.59. The lowest BCUT2D eigenvalue weighted by Gasteiger charge is -2.43. The predicted octanol–water partition coefficient (Wildman–Crippen LogP) is 4.04. The van der Waals surface area contributed by atoms with Crippen molar-refractivity contribution in [1.29, 1.82) is 0 Å². The van der Waals surface area contributed by atoms with Crippen LogP contribution < -0.4 is 5.73 Å². The van der Waals surface area contributed by atoms with Gasteiger partial charge in [-0.1, -0.05) is 49.6 Å². The summed E-state index contributed by atoms with van der Waals surface area (Å²) in [5.74, 6) is 0. The van der Waals surface area contributed by atoms with E-state index >= 15 is 0 Å². The first kappa shape index (κ1) is 15.5. The van der Waals surface area contributed by atoms with Crippen LogP contribution in [0, 0.1) is 6.92 Å². The highest BCUT2D eigenvalue weighted by atomic mass is 15.2. The molecule has 0 spiro atoms. The van der Waals surface area contributed by atoms with Gasteiger partial charge in [-0.3, -0.25) is 4.90 Å². The van der Waals surface area contributed by atoms with Crippen LogP contribution in [0.5, 0.6) is 0 Å². The van der Waals surface area contributed by atoms with Gasteiger partial charge in [-0.15, -0.1) is 0 Å². The average Bonchev–Trinajstić information content (AvgIpc) is 2.43. The standard InChI is InChI=1S/C18H30N2/c1-4-7-17-8-5-6-13-20(17)18(15(3)19)16-11-9-14(2)10-12-16/h9-12,15,17-18H,4-8,13,19H2,1-3H3. The first-order valence-corrected chi connectivity index (χ1v) is 8.21. The largest absolute Gasteiger partial charge is 0.326 e. The lowest BCUT2D eigenvalue weighted by Crippen LogP contribution is -2.47. The van der Waals surface area contributed by atoms with Gasteiger partial charge < -0.3 is 5.73 Å². The lowest BCUT2D eigenvalue weighted by molar-refractivity contribution is 0.0764. The molecule has 0 aliphatic carbocycles.